The lowest BCUT2D eigenvalue weighted by atomic mass is 9.92. The molecule has 2 N–H and O–H groups in total. The van der Waals surface area contributed by atoms with Gasteiger partial charge < -0.3 is 10.2 Å². The predicted molar refractivity (Wildman–Crippen MR) is 98.0 cm³/mol. The molecule has 0 unspecified atom stereocenters. The van der Waals surface area contributed by atoms with Crippen molar-refractivity contribution in [1.29, 1.82) is 0 Å². The molecule has 1 heterocycles. The standard InChI is InChI=1S/C16H25N3O2S2/c1-4-17-23(20,21)15-7-5-14(6-8-15)18-16(22)19-10-12(2)9-13(3)11-19/h5-8,12-13,17H,4,9-11H2,1-3H3,(H,18,22)/t12-,13+. The molecule has 2 atom stereocenters. The van der Waals surface area contributed by atoms with E-state index >= 15 is 0 Å². The first kappa shape index (κ1) is 18.2. The van der Waals surface area contributed by atoms with Crippen LogP contribution in [0.1, 0.15) is 27.2 Å². The molecule has 128 valence electrons. The van der Waals surface area contributed by atoms with Gasteiger partial charge in [0.05, 0.1) is 4.90 Å². The Kier molecular flexibility index (Phi) is 6.00. The van der Waals surface area contributed by atoms with Crippen molar-refractivity contribution in [1.82, 2.24) is 9.62 Å². The van der Waals surface area contributed by atoms with E-state index < -0.39 is 10.0 Å². The molecule has 0 spiro atoms. The van der Waals surface area contributed by atoms with E-state index in [0.717, 1.165) is 18.8 Å². The third-order valence-corrected chi connectivity index (χ3v) is 5.83. The molecule has 23 heavy (non-hydrogen) atoms. The average Bonchev–Trinajstić information content (AvgIpc) is 2.46. The largest absolute Gasteiger partial charge is 0.348 e. The van der Waals surface area contributed by atoms with E-state index in [-0.39, 0.29) is 4.90 Å². The van der Waals surface area contributed by atoms with Crippen LogP contribution in [0.3, 0.4) is 0 Å². The lowest BCUT2D eigenvalue weighted by Crippen LogP contribution is -2.44. The van der Waals surface area contributed by atoms with Gasteiger partial charge in [-0.2, -0.15) is 0 Å². The number of thiocarbonyl (C=S) groups is 1. The van der Waals surface area contributed by atoms with Crippen LogP contribution in [0.25, 0.3) is 0 Å². The van der Waals surface area contributed by atoms with Gasteiger partial charge in [-0.1, -0.05) is 20.8 Å². The number of likely N-dealkylation sites (tertiary alicyclic amines) is 1. The molecule has 1 aromatic carbocycles. The van der Waals surface area contributed by atoms with Crippen LogP contribution >= 0.6 is 12.2 Å². The Bertz CT molecular complexity index is 634. The number of nitrogens with zero attached hydrogens (tertiary/aromatic N) is 1. The van der Waals surface area contributed by atoms with Crippen molar-refractivity contribution in [3.63, 3.8) is 0 Å². The highest BCUT2D eigenvalue weighted by Gasteiger charge is 2.23. The molecular formula is C16H25N3O2S2. The van der Waals surface area contributed by atoms with E-state index in [1.54, 1.807) is 31.2 Å². The lowest BCUT2D eigenvalue weighted by Gasteiger charge is -2.36. The Morgan fingerprint density at radius 2 is 1.78 bits per heavy atom. The monoisotopic (exact) mass is 355 g/mol. The van der Waals surface area contributed by atoms with Gasteiger partial charge in [-0.05, 0) is 54.7 Å². The summed E-state index contributed by atoms with van der Waals surface area (Å²) >= 11 is 5.49. The zero-order chi connectivity index (χ0) is 17.0. The molecule has 1 aliphatic heterocycles. The molecular weight excluding hydrogens is 330 g/mol. The summed E-state index contributed by atoms with van der Waals surface area (Å²) in [5.41, 5.74) is 0.802. The van der Waals surface area contributed by atoms with Gasteiger partial charge in [0.2, 0.25) is 10.0 Å². The predicted octanol–water partition coefficient (Wildman–Crippen LogP) is 2.66. The molecule has 0 radical (unpaired) electrons. The maximum Gasteiger partial charge on any atom is 0.240 e. The van der Waals surface area contributed by atoms with Gasteiger partial charge in [-0.3, -0.25) is 0 Å². The van der Waals surface area contributed by atoms with Gasteiger partial charge in [0.1, 0.15) is 0 Å². The van der Waals surface area contributed by atoms with Gasteiger partial charge in [-0.25, -0.2) is 13.1 Å². The third-order valence-electron chi connectivity index (χ3n) is 3.91. The summed E-state index contributed by atoms with van der Waals surface area (Å²) in [6, 6.07) is 6.66. The van der Waals surface area contributed by atoms with Gasteiger partial charge in [0.15, 0.2) is 5.11 Å². The van der Waals surface area contributed by atoms with Crippen molar-refractivity contribution < 1.29 is 8.42 Å². The highest BCUT2D eigenvalue weighted by Crippen LogP contribution is 2.22. The number of rotatable bonds is 4. The third kappa shape index (κ3) is 4.89. The summed E-state index contributed by atoms with van der Waals surface area (Å²) in [5.74, 6) is 1.26. The first-order valence-corrected chi connectivity index (χ1v) is 9.86. The summed E-state index contributed by atoms with van der Waals surface area (Å²) < 4.78 is 26.3. The van der Waals surface area contributed by atoms with Gasteiger partial charge in [0, 0.05) is 25.3 Å². The first-order valence-electron chi connectivity index (χ1n) is 7.97. The number of sulfonamides is 1. The summed E-state index contributed by atoms with van der Waals surface area (Å²) in [6.07, 6.45) is 1.23. The number of nitrogens with one attached hydrogen (secondary N) is 2. The van der Waals surface area contributed by atoms with Crippen molar-refractivity contribution >= 4 is 33.0 Å². The van der Waals surface area contributed by atoms with Crippen molar-refractivity contribution in [3.05, 3.63) is 24.3 Å². The minimum Gasteiger partial charge on any atom is -0.348 e. The van der Waals surface area contributed by atoms with Crippen LogP contribution in [-0.2, 0) is 10.0 Å². The second-order valence-electron chi connectivity index (χ2n) is 6.31. The molecule has 7 heteroatoms. The fourth-order valence-electron chi connectivity index (χ4n) is 3.02. The smallest absolute Gasteiger partial charge is 0.240 e. The molecule has 1 saturated heterocycles. The maximum atomic E-state index is 11.9. The SMILES string of the molecule is CCNS(=O)(=O)c1ccc(NC(=S)N2C[C@H](C)C[C@H](C)C2)cc1. The van der Waals surface area contributed by atoms with Crippen LogP contribution in [0.5, 0.6) is 0 Å². The topological polar surface area (TPSA) is 61.4 Å². The van der Waals surface area contributed by atoms with Crippen molar-refractivity contribution in [2.75, 3.05) is 25.0 Å². The summed E-state index contributed by atoms with van der Waals surface area (Å²) in [6.45, 7) is 8.54. The number of benzene rings is 1. The lowest BCUT2D eigenvalue weighted by molar-refractivity contribution is 0.216. The fraction of sp³-hybridized carbons (Fsp3) is 0.562. The second kappa shape index (κ2) is 7.59. The van der Waals surface area contributed by atoms with E-state index in [2.05, 4.69) is 28.8 Å². The Hall–Kier alpha value is -1.18. The maximum absolute atomic E-state index is 11.9. The van der Waals surface area contributed by atoms with Crippen LogP contribution in [0.2, 0.25) is 0 Å². The van der Waals surface area contributed by atoms with Crippen LogP contribution < -0.4 is 10.0 Å². The van der Waals surface area contributed by atoms with E-state index in [0.29, 0.717) is 23.5 Å². The molecule has 0 amide bonds. The van der Waals surface area contributed by atoms with E-state index in [4.69, 9.17) is 12.2 Å². The Labute approximate surface area is 144 Å². The average molecular weight is 356 g/mol. The molecule has 0 bridgehead atoms. The molecule has 2 rings (SSSR count). The number of anilines is 1. The van der Waals surface area contributed by atoms with Crippen LogP contribution in [-0.4, -0.2) is 38.1 Å². The number of piperidine rings is 1. The van der Waals surface area contributed by atoms with Crippen LogP contribution in [0.4, 0.5) is 5.69 Å². The van der Waals surface area contributed by atoms with Gasteiger partial charge in [0.25, 0.3) is 0 Å². The Morgan fingerprint density at radius 1 is 1.22 bits per heavy atom. The summed E-state index contributed by atoms with van der Waals surface area (Å²) in [7, 11) is -3.41. The van der Waals surface area contributed by atoms with Crippen LogP contribution in [0.15, 0.2) is 29.2 Å². The minimum absolute atomic E-state index is 0.260. The van der Waals surface area contributed by atoms with Crippen molar-refractivity contribution in [2.45, 2.75) is 32.1 Å². The summed E-state index contributed by atoms with van der Waals surface area (Å²) in [5, 5.41) is 3.91. The molecule has 1 aromatic rings. The van der Waals surface area contributed by atoms with Crippen molar-refractivity contribution in [3.8, 4) is 0 Å². The summed E-state index contributed by atoms with van der Waals surface area (Å²) in [4.78, 5) is 2.45. The van der Waals surface area contributed by atoms with Crippen molar-refractivity contribution in [2.24, 2.45) is 11.8 Å². The zero-order valence-corrected chi connectivity index (χ0v) is 15.5. The number of hydrogen-bond acceptors (Lipinski definition) is 3. The van der Waals surface area contributed by atoms with E-state index in [1.165, 1.54) is 6.42 Å². The molecule has 1 fully saturated rings. The highest BCUT2D eigenvalue weighted by atomic mass is 32.2. The highest BCUT2D eigenvalue weighted by molar-refractivity contribution is 7.89. The molecule has 5 nitrogen and oxygen atoms in total. The second-order valence-corrected chi connectivity index (χ2v) is 8.46. The molecule has 0 saturated carbocycles. The normalized spacial score (nSPS) is 22.0. The van der Waals surface area contributed by atoms with Gasteiger partial charge in [-0.15, -0.1) is 0 Å². The number of hydrogen-bond donors (Lipinski definition) is 2. The molecule has 1 aliphatic rings. The fourth-order valence-corrected chi connectivity index (χ4v) is 4.33. The Balaban J connectivity index is 2.02. The molecule has 0 aromatic heterocycles. The quantitative estimate of drug-likeness (QED) is 0.813. The van der Waals surface area contributed by atoms with Gasteiger partial charge >= 0.3 is 0 Å². The van der Waals surface area contributed by atoms with E-state index in [9.17, 15) is 8.42 Å². The minimum atomic E-state index is -3.41. The first-order chi connectivity index (χ1) is 10.8. The van der Waals surface area contributed by atoms with Crippen LogP contribution in [0, 0.1) is 11.8 Å². The van der Waals surface area contributed by atoms with E-state index in [1.807, 2.05) is 0 Å². The zero-order valence-electron chi connectivity index (χ0n) is 13.9. The molecule has 0 aliphatic carbocycles. The Morgan fingerprint density at radius 3 is 2.30 bits per heavy atom.